The highest BCUT2D eigenvalue weighted by Crippen LogP contribution is 2.10. The molecular formula is C17H26N2O4. The highest BCUT2D eigenvalue weighted by atomic mass is 16.6. The van der Waals surface area contributed by atoms with Crippen LogP contribution in [-0.2, 0) is 20.9 Å². The number of hydrogen-bond acceptors (Lipinski definition) is 4. The molecule has 1 aromatic rings. The number of carbonyl (C=O) groups excluding carboxylic acids is 2. The first kappa shape index (κ1) is 19.0. The number of hydrogen-bond donors (Lipinski definition) is 2. The normalized spacial score (nSPS) is 13.8. The standard InChI is InChI=1S/C17H26N2O4/c1-12(22-11-13-9-7-6-8-10-13)14(15(20)18-5)19-16(21)23-17(2,3)4/h6-10,12,14H,11H2,1-5H3,(H,18,20)(H,19,21)/t12-,14+/m0/s1. The lowest BCUT2D eigenvalue weighted by atomic mass is 10.1. The molecule has 0 aromatic heterocycles. The van der Waals surface area contributed by atoms with Gasteiger partial charge in [0.05, 0.1) is 12.7 Å². The van der Waals surface area contributed by atoms with Gasteiger partial charge in [0, 0.05) is 7.05 Å². The van der Waals surface area contributed by atoms with Crippen molar-refractivity contribution in [2.75, 3.05) is 7.05 Å². The fourth-order valence-electron chi connectivity index (χ4n) is 1.88. The minimum atomic E-state index is -0.835. The van der Waals surface area contributed by atoms with Crippen LogP contribution in [0.25, 0.3) is 0 Å². The topological polar surface area (TPSA) is 76.7 Å². The molecule has 23 heavy (non-hydrogen) atoms. The molecule has 0 fully saturated rings. The molecule has 0 aliphatic heterocycles. The van der Waals surface area contributed by atoms with E-state index in [1.54, 1.807) is 27.7 Å². The van der Waals surface area contributed by atoms with E-state index in [2.05, 4.69) is 10.6 Å². The predicted octanol–water partition coefficient (Wildman–Crippen LogP) is 2.23. The van der Waals surface area contributed by atoms with E-state index in [9.17, 15) is 9.59 Å². The summed E-state index contributed by atoms with van der Waals surface area (Å²) in [5.74, 6) is -0.337. The Kier molecular flexibility index (Phi) is 7.03. The van der Waals surface area contributed by atoms with Crippen LogP contribution in [0.5, 0.6) is 0 Å². The van der Waals surface area contributed by atoms with Crippen LogP contribution in [0, 0.1) is 0 Å². The molecule has 0 spiro atoms. The van der Waals surface area contributed by atoms with Gasteiger partial charge in [0.1, 0.15) is 11.6 Å². The zero-order valence-electron chi connectivity index (χ0n) is 14.4. The highest BCUT2D eigenvalue weighted by Gasteiger charge is 2.29. The van der Waals surface area contributed by atoms with Crippen molar-refractivity contribution in [3.63, 3.8) is 0 Å². The van der Waals surface area contributed by atoms with E-state index in [0.717, 1.165) is 5.56 Å². The molecule has 0 bridgehead atoms. The quantitative estimate of drug-likeness (QED) is 0.842. The Morgan fingerprint density at radius 1 is 1.17 bits per heavy atom. The van der Waals surface area contributed by atoms with Crippen molar-refractivity contribution in [3.8, 4) is 0 Å². The second kappa shape index (κ2) is 8.53. The molecule has 0 saturated carbocycles. The summed E-state index contributed by atoms with van der Waals surface area (Å²) in [7, 11) is 1.51. The maximum Gasteiger partial charge on any atom is 0.408 e. The van der Waals surface area contributed by atoms with Crippen LogP contribution >= 0.6 is 0 Å². The molecule has 6 heteroatoms. The van der Waals surface area contributed by atoms with E-state index >= 15 is 0 Å². The van der Waals surface area contributed by atoms with Gasteiger partial charge >= 0.3 is 6.09 Å². The van der Waals surface area contributed by atoms with Crippen LogP contribution in [0.2, 0.25) is 0 Å². The van der Waals surface area contributed by atoms with Crippen LogP contribution in [-0.4, -0.2) is 36.8 Å². The number of amides is 2. The highest BCUT2D eigenvalue weighted by molar-refractivity contribution is 5.86. The Morgan fingerprint density at radius 2 is 1.78 bits per heavy atom. The fraction of sp³-hybridized carbons (Fsp3) is 0.529. The molecule has 0 unspecified atom stereocenters. The zero-order chi connectivity index (χ0) is 17.5. The lowest BCUT2D eigenvalue weighted by molar-refractivity contribution is -0.126. The summed E-state index contributed by atoms with van der Waals surface area (Å²) in [6, 6.07) is 8.78. The molecule has 128 valence electrons. The molecule has 2 atom stereocenters. The van der Waals surface area contributed by atoms with Gasteiger partial charge in [-0.2, -0.15) is 0 Å². The average molecular weight is 322 g/mol. The van der Waals surface area contributed by atoms with Gasteiger partial charge in [-0.25, -0.2) is 4.79 Å². The lowest BCUT2D eigenvalue weighted by Gasteiger charge is -2.26. The van der Waals surface area contributed by atoms with Crippen molar-refractivity contribution in [2.45, 2.75) is 52.0 Å². The number of alkyl carbamates (subject to hydrolysis) is 1. The molecule has 6 nitrogen and oxygen atoms in total. The number of likely N-dealkylation sites (N-methyl/N-ethyl adjacent to an activating group) is 1. The van der Waals surface area contributed by atoms with Gasteiger partial charge in [-0.3, -0.25) is 4.79 Å². The molecule has 2 N–H and O–H groups in total. The minimum Gasteiger partial charge on any atom is -0.444 e. The third-order valence-electron chi connectivity index (χ3n) is 3.03. The smallest absolute Gasteiger partial charge is 0.408 e. The summed E-state index contributed by atoms with van der Waals surface area (Å²) in [5.41, 5.74) is 0.359. The van der Waals surface area contributed by atoms with Gasteiger partial charge in [0.15, 0.2) is 0 Å². The van der Waals surface area contributed by atoms with Crippen molar-refractivity contribution in [1.82, 2.24) is 10.6 Å². The molecular weight excluding hydrogens is 296 g/mol. The van der Waals surface area contributed by atoms with Crippen LogP contribution in [0.3, 0.4) is 0 Å². The van der Waals surface area contributed by atoms with Crippen LogP contribution in [0.4, 0.5) is 4.79 Å². The Morgan fingerprint density at radius 3 is 2.30 bits per heavy atom. The largest absolute Gasteiger partial charge is 0.444 e. The monoisotopic (exact) mass is 322 g/mol. The first-order valence-electron chi connectivity index (χ1n) is 7.59. The zero-order valence-corrected chi connectivity index (χ0v) is 14.4. The number of carbonyl (C=O) groups is 2. The van der Waals surface area contributed by atoms with E-state index in [-0.39, 0.29) is 5.91 Å². The van der Waals surface area contributed by atoms with E-state index in [4.69, 9.17) is 9.47 Å². The molecule has 1 aromatic carbocycles. The van der Waals surface area contributed by atoms with E-state index in [1.807, 2.05) is 30.3 Å². The summed E-state index contributed by atoms with van der Waals surface area (Å²) in [5, 5.41) is 5.09. The maximum atomic E-state index is 12.0. The molecule has 0 aliphatic carbocycles. The molecule has 2 amide bonds. The molecule has 0 saturated heterocycles. The number of ether oxygens (including phenoxy) is 2. The fourth-order valence-corrected chi connectivity index (χ4v) is 1.88. The second-order valence-electron chi connectivity index (χ2n) is 6.24. The van der Waals surface area contributed by atoms with Crippen molar-refractivity contribution in [2.24, 2.45) is 0 Å². The van der Waals surface area contributed by atoms with Gasteiger partial charge in [0.25, 0.3) is 0 Å². The summed E-state index contributed by atoms with van der Waals surface area (Å²) in [4.78, 5) is 23.9. The van der Waals surface area contributed by atoms with Crippen LogP contribution < -0.4 is 10.6 Å². The number of benzene rings is 1. The molecule has 0 aliphatic rings. The van der Waals surface area contributed by atoms with Crippen molar-refractivity contribution in [1.29, 1.82) is 0 Å². The summed E-state index contributed by atoms with van der Waals surface area (Å²) < 4.78 is 10.9. The molecule has 0 radical (unpaired) electrons. The third-order valence-corrected chi connectivity index (χ3v) is 3.03. The maximum absolute atomic E-state index is 12.0. The Balaban J connectivity index is 2.65. The van der Waals surface area contributed by atoms with Gasteiger partial charge < -0.3 is 20.1 Å². The number of rotatable bonds is 6. The van der Waals surface area contributed by atoms with Gasteiger partial charge in [0.2, 0.25) is 5.91 Å². The molecule has 0 heterocycles. The SMILES string of the molecule is CNC(=O)[C@H](NC(=O)OC(C)(C)C)[C@H](C)OCc1ccccc1. The average Bonchev–Trinajstić information content (AvgIpc) is 2.49. The third kappa shape index (κ3) is 7.15. The lowest BCUT2D eigenvalue weighted by Crippen LogP contribution is -2.53. The number of nitrogens with one attached hydrogen (secondary N) is 2. The van der Waals surface area contributed by atoms with E-state index in [1.165, 1.54) is 7.05 Å². The minimum absolute atomic E-state index is 0.337. The molecule has 1 rings (SSSR count). The van der Waals surface area contributed by atoms with Gasteiger partial charge in [-0.05, 0) is 33.3 Å². The Bertz CT molecular complexity index is 511. The van der Waals surface area contributed by atoms with Gasteiger partial charge in [-0.15, -0.1) is 0 Å². The van der Waals surface area contributed by atoms with Gasteiger partial charge in [-0.1, -0.05) is 30.3 Å². The van der Waals surface area contributed by atoms with Crippen LogP contribution in [0.15, 0.2) is 30.3 Å². The summed E-state index contributed by atoms with van der Waals surface area (Å²) in [6.07, 6.45) is -1.16. The first-order chi connectivity index (χ1) is 10.7. The Hall–Kier alpha value is -2.08. The van der Waals surface area contributed by atoms with Crippen molar-refractivity contribution in [3.05, 3.63) is 35.9 Å². The summed E-state index contributed by atoms with van der Waals surface area (Å²) >= 11 is 0. The summed E-state index contributed by atoms with van der Waals surface area (Å²) in [6.45, 7) is 7.37. The Labute approximate surface area is 137 Å². The first-order valence-corrected chi connectivity index (χ1v) is 7.59. The predicted molar refractivity (Wildman–Crippen MR) is 87.9 cm³/mol. The second-order valence-corrected chi connectivity index (χ2v) is 6.24. The van der Waals surface area contributed by atoms with Crippen molar-refractivity contribution < 1.29 is 19.1 Å². The van der Waals surface area contributed by atoms with E-state index < -0.39 is 23.8 Å². The van der Waals surface area contributed by atoms with E-state index in [0.29, 0.717) is 6.61 Å². The van der Waals surface area contributed by atoms with Crippen LogP contribution in [0.1, 0.15) is 33.3 Å². The van der Waals surface area contributed by atoms with Crippen molar-refractivity contribution >= 4 is 12.0 Å².